The summed E-state index contributed by atoms with van der Waals surface area (Å²) in [5.41, 5.74) is 3.79. The third-order valence-corrected chi connectivity index (χ3v) is 7.43. The number of anilines is 5. The number of non-ortho nitro benzene ring substituents is 3. The summed E-state index contributed by atoms with van der Waals surface area (Å²) < 4.78 is 10.7. The molecule has 0 fully saturated rings. The first-order valence-electron chi connectivity index (χ1n) is 15.2. The van der Waals surface area contributed by atoms with Crippen LogP contribution in [0, 0.1) is 30.3 Å². The number of hydrazine groups is 1. The van der Waals surface area contributed by atoms with E-state index in [0.717, 1.165) is 5.01 Å². The topological polar surface area (TPSA) is 255 Å². The molecule has 5 aromatic rings. The van der Waals surface area contributed by atoms with Crippen LogP contribution in [0.5, 0.6) is 11.5 Å². The lowest BCUT2D eigenvalue weighted by Crippen LogP contribution is -2.38. The second kappa shape index (κ2) is 14.8. The van der Waals surface area contributed by atoms with Crippen molar-refractivity contribution < 1.29 is 29.0 Å². The Kier molecular flexibility index (Phi) is 9.75. The lowest BCUT2D eigenvalue weighted by Gasteiger charge is -2.20. The summed E-state index contributed by atoms with van der Waals surface area (Å²) in [5, 5.41) is 40.8. The predicted octanol–water partition coefficient (Wildman–Crippen LogP) is 5.76. The molecule has 0 aliphatic carbocycles. The number of aromatic nitrogens is 3. The number of carbonyl (C=O) groups is 1. The molecule has 0 spiro atoms. The number of nitro groups is 3. The van der Waals surface area contributed by atoms with Crippen LogP contribution in [0.3, 0.4) is 0 Å². The second-order valence-electron chi connectivity index (χ2n) is 10.8. The molecule has 3 N–H and O–H groups in total. The number of hydrogen-bond donors (Lipinski definition) is 3. The van der Waals surface area contributed by atoms with Crippen LogP contribution < -0.4 is 25.5 Å². The Morgan fingerprint density at radius 3 is 1.64 bits per heavy atom. The average Bonchev–Trinajstić information content (AvgIpc) is 3.45. The number of benzene rings is 4. The van der Waals surface area contributed by atoms with Gasteiger partial charge in [0, 0.05) is 29.8 Å². The first-order valence-corrected chi connectivity index (χ1v) is 15.2. The Hall–Kier alpha value is -8.03. The normalized spacial score (nSPS) is 12.9. The van der Waals surface area contributed by atoms with Gasteiger partial charge in [-0.25, -0.2) is 4.99 Å². The van der Waals surface area contributed by atoms with Crippen LogP contribution in [0.4, 0.5) is 46.3 Å². The number of aliphatic imine (C=N–C) groups is 1. The smallest absolute Gasteiger partial charge is 0.297 e. The fraction of sp³-hybridized carbons (Fsp3) is 0.0606. The molecule has 0 saturated heterocycles. The number of amidine groups is 1. The number of hydrogen-bond acceptors (Lipinski definition) is 16. The largest absolute Gasteiger partial charge is 0.494 e. The van der Waals surface area contributed by atoms with Crippen molar-refractivity contribution in [3.05, 3.63) is 138 Å². The quantitative estimate of drug-likeness (QED) is 0.0743. The number of methoxy groups -OCH3 is 2. The lowest BCUT2D eigenvalue weighted by molar-refractivity contribution is -0.385. The molecule has 0 bridgehead atoms. The Labute approximate surface area is 297 Å². The summed E-state index contributed by atoms with van der Waals surface area (Å²) in [6.45, 7) is 0. The van der Waals surface area contributed by atoms with E-state index in [4.69, 9.17) is 9.47 Å². The summed E-state index contributed by atoms with van der Waals surface area (Å²) >= 11 is 0. The zero-order chi connectivity index (χ0) is 37.6. The summed E-state index contributed by atoms with van der Waals surface area (Å²) in [7, 11) is 2.65. The minimum absolute atomic E-state index is 0.0119. The summed E-state index contributed by atoms with van der Waals surface area (Å²) in [6.07, 6.45) is 1.46. The molecule has 1 aliphatic rings. The van der Waals surface area contributed by atoms with Gasteiger partial charge in [-0.1, -0.05) is 30.3 Å². The number of ether oxygens (including phenoxy) is 2. The molecule has 266 valence electrons. The third kappa shape index (κ3) is 7.75. The molecule has 4 aromatic carbocycles. The van der Waals surface area contributed by atoms with Gasteiger partial charge in [0.1, 0.15) is 17.2 Å². The van der Waals surface area contributed by atoms with Crippen LogP contribution in [-0.2, 0) is 4.79 Å². The molecule has 1 aromatic heterocycles. The van der Waals surface area contributed by atoms with Gasteiger partial charge in [0.2, 0.25) is 17.8 Å². The van der Waals surface area contributed by atoms with E-state index in [-0.39, 0.29) is 69.3 Å². The minimum Gasteiger partial charge on any atom is -0.494 e. The zero-order valence-electron chi connectivity index (χ0n) is 27.5. The van der Waals surface area contributed by atoms with E-state index in [1.807, 2.05) is 0 Å². The first-order chi connectivity index (χ1) is 25.5. The van der Waals surface area contributed by atoms with E-state index < -0.39 is 20.7 Å². The van der Waals surface area contributed by atoms with Gasteiger partial charge in [-0.15, -0.1) is 0 Å². The van der Waals surface area contributed by atoms with Crippen LogP contribution in [0.2, 0.25) is 0 Å². The van der Waals surface area contributed by atoms with E-state index in [0.29, 0.717) is 11.1 Å². The molecule has 53 heavy (non-hydrogen) atoms. The second-order valence-corrected chi connectivity index (χ2v) is 10.8. The molecule has 1 amide bonds. The highest BCUT2D eigenvalue weighted by Gasteiger charge is 2.32. The maximum absolute atomic E-state index is 13.9. The highest BCUT2D eigenvalue weighted by atomic mass is 16.6. The Morgan fingerprint density at radius 1 is 0.660 bits per heavy atom. The van der Waals surface area contributed by atoms with Gasteiger partial charge >= 0.3 is 0 Å². The van der Waals surface area contributed by atoms with Crippen molar-refractivity contribution >= 4 is 64.1 Å². The van der Waals surface area contributed by atoms with Gasteiger partial charge in [0.15, 0.2) is 5.84 Å². The Bertz CT molecular complexity index is 2230. The highest BCUT2D eigenvalue weighted by Crippen LogP contribution is 2.33. The van der Waals surface area contributed by atoms with E-state index >= 15 is 0 Å². The van der Waals surface area contributed by atoms with Crippen LogP contribution in [0.25, 0.3) is 6.08 Å². The summed E-state index contributed by atoms with van der Waals surface area (Å²) in [6, 6.07) is 22.0. The molecular weight excluding hydrogens is 694 g/mol. The van der Waals surface area contributed by atoms with Gasteiger partial charge in [-0.3, -0.25) is 40.6 Å². The molecule has 0 saturated carbocycles. The van der Waals surface area contributed by atoms with Gasteiger partial charge in [0.25, 0.3) is 23.0 Å². The maximum Gasteiger partial charge on any atom is 0.297 e. The number of carbonyl (C=O) groups excluding carboxylic acids is 1. The highest BCUT2D eigenvalue weighted by molar-refractivity contribution is 6.20. The molecule has 0 unspecified atom stereocenters. The van der Waals surface area contributed by atoms with Crippen molar-refractivity contribution in [1.82, 2.24) is 20.0 Å². The lowest BCUT2D eigenvalue weighted by atomic mass is 10.2. The molecule has 1 aliphatic heterocycles. The fourth-order valence-corrected chi connectivity index (χ4v) is 4.92. The average molecular weight is 720 g/mol. The summed E-state index contributed by atoms with van der Waals surface area (Å²) in [5.74, 6) is -0.706. The number of amides is 1. The molecule has 0 radical (unpaired) electrons. The SMILES string of the molecule is COc1cc([N+](=O)[O-])ccc1Nc1nc(Nc2ccc([N+](=O)[O-])cc2OC)nc(NN2C(=O)/C(=C\c3ccc([N+](=O)[O-])cc3)N=C2c2ccccc2)n1. The first kappa shape index (κ1) is 34.8. The van der Waals surface area contributed by atoms with E-state index in [2.05, 4.69) is 36.0 Å². The monoisotopic (exact) mass is 719 g/mol. The number of nitrogens with zero attached hydrogens (tertiary/aromatic N) is 8. The van der Waals surface area contributed by atoms with Gasteiger partial charge in [-0.05, 0) is 35.9 Å². The van der Waals surface area contributed by atoms with Crippen LogP contribution in [0.1, 0.15) is 11.1 Å². The number of nitrogens with one attached hydrogen (secondary N) is 3. The van der Waals surface area contributed by atoms with Crippen molar-refractivity contribution in [3.63, 3.8) is 0 Å². The Morgan fingerprint density at radius 2 is 1.15 bits per heavy atom. The van der Waals surface area contributed by atoms with Crippen LogP contribution in [0.15, 0.2) is 102 Å². The maximum atomic E-state index is 13.9. The van der Waals surface area contributed by atoms with Gasteiger partial charge in [0.05, 0.1) is 52.5 Å². The van der Waals surface area contributed by atoms with Crippen LogP contribution in [-0.4, -0.2) is 60.7 Å². The van der Waals surface area contributed by atoms with Crippen LogP contribution >= 0.6 is 0 Å². The third-order valence-electron chi connectivity index (χ3n) is 7.43. The number of rotatable bonds is 13. The molecule has 20 nitrogen and oxygen atoms in total. The minimum atomic E-state index is -0.624. The summed E-state index contributed by atoms with van der Waals surface area (Å²) in [4.78, 5) is 63.8. The molecule has 20 heteroatoms. The zero-order valence-corrected chi connectivity index (χ0v) is 27.5. The fourth-order valence-electron chi connectivity index (χ4n) is 4.92. The number of nitro benzene ring substituents is 3. The molecule has 0 atom stereocenters. The van der Waals surface area contributed by atoms with Crippen molar-refractivity contribution in [2.75, 3.05) is 30.3 Å². The standard InChI is InChI=1S/C33H25N11O9/c1-52-27-17-22(43(48)49)12-14-24(27)35-31-37-32(36-25-15-13-23(44(50)51)18-28(25)53-2)39-33(38-31)40-41-29(20-6-4-3-5-7-20)34-26(30(41)45)16-19-8-10-21(11-9-19)42(46)47/h3-18H,1-2H3,(H3,35,36,37,38,39,40)/b26-16+. The Balaban J connectivity index is 1.40. The molecular formula is C33H25N11O9. The van der Waals surface area contributed by atoms with Gasteiger partial charge < -0.3 is 20.1 Å². The predicted molar refractivity (Wildman–Crippen MR) is 190 cm³/mol. The van der Waals surface area contributed by atoms with Crippen molar-refractivity contribution in [3.8, 4) is 11.5 Å². The van der Waals surface area contributed by atoms with E-state index in [9.17, 15) is 35.1 Å². The van der Waals surface area contributed by atoms with E-state index in [1.54, 1.807) is 30.3 Å². The van der Waals surface area contributed by atoms with Crippen molar-refractivity contribution in [2.24, 2.45) is 4.99 Å². The van der Waals surface area contributed by atoms with E-state index in [1.165, 1.54) is 81.0 Å². The van der Waals surface area contributed by atoms with Crippen molar-refractivity contribution in [2.45, 2.75) is 0 Å². The molecule has 6 rings (SSSR count). The molecule has 2 heterocycles. The van der Waals surface area contributed by atoms with Gasteiger partial charge in [-0.2, -0.15) is 20.0 Å². The van der Waals surface area contributed by atoms with Crippen molar-refractivity contribution in [1.29, 1.82) is 0 Å².